The fraction of sp³-hybridized carbons (Fsp3) is 1.00. The third-order valence-corrected chi connectivity index (χ3v) is 1.82. The molecule has 0 rings (SSSR count). The summed E-state index contributed by atoms with van der Waals surface area (Å²) in [6.45, 7) is 8.84. The normalized spacial score (nSPS) is 11.1. The van der Waals surface area contributed by atoms with Crippen LogP contribution in [0.2, 0.25) is 0 Å². The Morgan fingerprint density at radius 2 is 2.00 bits per heavy atom. The largest absolute Gasteiger partial charge is 0.380 e. The van der Waals surface area contributed by atoms with Gasteiger partial charge in [-0.2, -0.15) is 0 Å². The molecule has 0 radical (unpaired) electrons. The van der Waals surface area contributed by atoms with Crippen LogP contribution in [-0.2, 0) is 4.74 Å². The molecule has 0 aromatic carbocycles. The van der Waals surface area contributed by atoms with E-state index >= 15 is 0 Å². The van der Waals surface area contributed by atoms with Gasteiger partial charge in [-0.15, -0.1) is 0 Å². The van der Waals surface area contributed by atoms with E-state index in [1.807, 2.05) is 0 Å². The molecule has 80 valence electrons. The molecule has 0 saturated carbocycles. The Bertz CT molecular complexity index is 96.9. The number of hydrogen-bond acceptors (Lipinski definition) is 3. The minimum absolute atomic E-state index is 0.741. The molecule has 0 spiro atoms. The van der Waals surface area contributed by atoms with Crippen molar-refractivity contribution in [1.29, 1.82) is 0 Å². The topological polar surface area (TPSA) is 47.3 Å². The third-order valence-electron chi connectivity index (χ3n) is 1.82. The number of rotatable bonds is 9. The van der Waals surface area contributed by atoms with Gasteiger partial charge in [0.05, 0.1) is 6.61 Å². The molecule has 3 N–H and O–H groups in total. The maximum Gasteiger partial charge on any atom is 0.0590 e. The number of nitrogens with two attached hydrogens (primary N) is 1. The summed E-state index contributed by atoms with van der Waals surface area (Å²) in [6, 6.07) is 0. The van der Waals surface area contributed by atoms with Crippen molar-refractivity contribution in [1.82, 2.24) is 5.32 Å². The van der Waals surface area contributed by atoms with Crippen molar-refractivity contribution < 1.29 is 4.74 Å². The molecular formula is C10H24N2O. The Hall–Kier alpha value is -0.120. The lowest BCUT2D eigenvalue weighted by atomic mass is 10.1. The van der Waals surface area contributed by atoms with Crippen molar-refractivity contribution in [3.8, 4) is 0 Å². The van der Waals surface area contributed by atoms with Gasteiger partial charge in [-0.25, -0.2) is 0 Å². The number of ether oxygens (including phenoxy) is 1. The minimum Gasteiger partial charge on any atom is -0.380 e. The SMILES string of the molecule is CC(C)CCOCCNCCCN. The summed E-state index contributed by atoms with van der Waals surface area (Å²) in [7, 11) is 0. The molecular weight excluding hydrogens is 164 g/mol. The average molecular weight is 188 g/mol. The van der Waals surface area contributed by atoms with E-state index in [0.29, 0.717) is 0 Å². The molecule has 3 nitrogen and oxygen atoms in total. The van der Waals surface area contributed by atoms with Gasteiger partial charge in [-0.1, -0.05) is 13.8 Å². The van der Waals surface area contributed by atoms with Gasteiger partial charge in [-0.05, 0) is 31.8 Å². The van der Waals surface area contributed by atoms with Gasteiger partial charge in [0.15, 0.2) is 0 Å². The van der Waals surface area contributed by atoms with Gasteiger partial charge in [-0.3, -0.25) is 0 Å². The van der Waals surface area contributed by atoms with E-state index in [1.54, 1.807) is 0 Å². The molecule has 0 bridgehead atoms. The van der Waals surface area contributed by atoms with Gasteiger partial charge in [0, 0.05) is 13.2 Å². The lowest BCUT2D eigenvalue weighted by Crippen LogP contribution is -2.22. The maximum absolute atomic E-state index is 5.43. The summed E-state index contributed by atoms with van der Waals surface area (Å²) < 4.78 is 5.43. The quantitative estimate of drug-likeness (QED) is 0.530. The molecule has 0 unspecified atom stereocenters. The van der Waals surface area contributed by atoms with Crippen LogP contribution in [0.3, 0.4) is 0 Å². The monoisotopic (exact) mass is 188 g/mol. The summed E-state index contributed by atoms with van der Waals surface area (Å²) in [5.74, 6) is 0.741. The van der Waals surface area contributed by atoms with Crippen molar-refractivity contribution in [2.75, 3.05) is 32.8 Å². The van der Waals surface area contributed by atoms with Crippen LogP contribution in [0.15, 0.2) is 0 Å². The van der Waals surface area contributed by atoms with E-state index in [-0.39, 0.29) is 0 Å². The fourth-order valence-electron chi connectivity index (χ4n) is 0.917. The predicted octanol–water partition coefficient (Wildman–Crippen LogP) is 0.987. The highest BCUT2D eigenvalue weighted by Crippen LogP contribution is 1.97. The zero-order valence-corrected chi connectivity index (χ0v) is 9.01. The summed E-state index contributed by atoms with van der Waals surface area (Å²) in [6.07, 6.45) is 2.20. The standard InChI is InChI=1S/C10H24N2O/c1-10(2)4-8-13-9-7-12-6-3-5-11/h10,12H,3-9,11H2,1-2H3. The summed E-state index contributed by atoms with van der Waals surface area (Å²) >= 11 is 0. The summed E-state index contributed by atoms with van der Waals surface area (Å²) in [5.41, 5.74) is 5.35. The molecule has 3 heteroatoms. The molecule has 0 saturated heterocycles. The zero-order chi connectivity index (χ0) is 9.94. The second-order valence-electron chi connectivity index (χ2n) is 3.69. The summed E-state index contributed by atoms with van der Waals surface area (Å²) in [4.78, 5) is 0. The van der Waals surface area contributed by atoms with Crippen molar-refractivity contribution in [3.05, 3.63) is 0 Å². The second-order valence-corrected chi connectivity index (χ2v) is 3.69. The van der Waals surface area contributed by atoms with Crippen LogP contribution in [0.5, 0.6) is 0 Å². The Balaban J connectivity index is 2.84. The van der Waals surface area contributed by atoms with Crippen LogP contribution >= 0.6 is 0 Å². The van der Waals surface area contributed by atoms with Crippen LogP contribution < -0.4 is 11.1 Å². The van der Waals surface area contributed by atoms with Crippen molar-refractivity contribution in [2.24, 2.45) is 11.7 Å². The van der Waals surface area contributed by atoms with E-state index < -0.39 is 0 Å². The van der Waals surface area contributed by atoms with E-state index in [0.717, 1.165) is 51.6 Å². The van der Waals surface area contributed by atoms with E-state index in [1.165, 1.54) is 0 Å². The van der Waals surface area contributed by atoms with Gasteiger partial charge >= 0.3 is 0 Å². The smallest absolute Gasteiger partial charge is 0.0590 e. The van der Waals surface area contributed by atoms with Crippen LogP contribution in [0, 0.1) is 5.92 Å². The molecule has 0 aromatic rings. The van der Waals surface area contributed by atoms with Gasteiger partial charge in [0.1, 0.15) is 0 Å². The Morgan fingerprint density at radius 1 is 1.23 bits per heavy atom. The highest BCUT2D eigenvalue weighted by molar-refractivity contribution is 4.48. The Kier molecular flexibility index (Phi) is 9.87. The number of nitrogens with one attached hydrogen (secondary N) is 1. The van der Waals surface area contributed by atoms with Crippen LogP contribution in [0.1, 0.15) is 26.7 Å². The average Bonchev–Trinajstić information content (AvgIpc) is 2.09. The molecule has 13 heavy (non-hydrogen) atoms. The van der Waals surface area contributed by atoms with Crippen molar-refractivity contribution >= 4 is 0 Å². The first-order valence-corrected chi connectivity index (χ1v) is 5.26. The minimum atomic E-state index is 0.741. The first kappa shape index (κ1) is 12.9. The van der Waals surface area contributed by atoms with Crippen molar-refractivity contribution in [2.45, 2.75) is 26.7 Å². The second kappa shape index (κ2) is 9.96. The van der Waals surface area contributed by atoms with Crippen LogP contribution in [-0.4, -0.2) is 32.8 Å². The summed E-state index contributed by atoms with van der Waals surface area (Å²) in [5, 5.41) is 3.27. The molecule has 0 amide bonds. The lowest BCUT2D eigenvalue weighted by molar-refractivity contribution is 0.125. The first-order valence-electron chi connectivity index (χ1n) is 5.26. The van der Waals surface area contributed by atoms with Crippen molar-refractivity contribution in [3.63, 3.8) is 0 Å². The highest BCUT2D eigenvalue weighted by atomic mass is 16.5. The van der Waals surface area contributed by atoms with Gasteiger partial charge in [0.25, 0.3) is 0 Å². The Morgan fingerprint density at radius 3 is 2.62 bits per heavy atom. The van der Waals surface area contributed by atoms with Gasteiger partial charge in [0.2, 0.25) is 0 Å². The van der Waals surface area contributed by atoms with E-state index in [4.69, 9.17) is 10.5 Å². The molecule has 0 aromatic heterocycles. The highest BCUT2D eigenvalue weighted by Gasteiger charge is 1.93. The maximum atomic E-state index is 5.43. The van der Waals surface area contributed by atoms with Crippen LogP contribution in [0.4, 0.5) is 0 Å². The molecule has 0 fully saturated rings. The zero-order valence-electron chi connectivity index (χ0n) is 9.01. The molecule has 0 aliphatic heterocycles. The van der Waals surface area contributed by atoms with Gasteiger partial charge < -0.3 is 15.8 Å². The molecule has 0 aliphatic carbocycles. The Labute approximate surface area is 82.0 Å². The fourth-order valence-corrected chi connectivity index (χ4v) is 0.917. The number of hydrogen-bond donors (Lipinski definition) is 2. The molecule has 0 atom stereocenters. The van der Waals surface area contributed by atoms with E-state index in [2.05, 4.69) is 19.2 Å². The third kappa shape index (κ3) is 11.9. The lowest BCUT2D eigenvalue weighted by Gasteiger charge is -2.07. The van der Waals surface area contributed by atoms with Crippen LogP contribution in [0.25, 0.3) is 0 Å². The van der Waals surface area contributed by atoms with E-state index in [9.17, 15) is 0 Å². The molecule has 0 heterocycles. The predicted molar refractivity (Wildman–Crippen MR) is 56.8 cm³/mol. The molecule has 0 aliphatic rings. The first-order chi connectivity index (χ1) is 6.27.